The van der Waals surface area contributed by atoms with Crippen LogP contribution in [0.15, 0.2) is 186 Å². The molecule has 8 aromatic carbocycles. The maximum absolute atomic E-state index is 2.66. The number of anilines is 3. The van der Waals surface area contributed by atoms with Crippen molar-refractivity contribution in [3.63, 3.8) is 0 Å². The van der Waals surface area contributed by atoms with Crippen molar-refractivity contribution >= 4 is 57.6 Å². The molecule has 0 aliphatic carbocycles. The van der Waals surface area contributed by atoms with Gasteiger partial charge >= 0.3 is 0 Å². The molecule has 0 bridgehead atoms. The van der Waals surface area contributed by atoms with Crippen molar-refractivity contribution in [2.45, 2.75) is 29.1 Å². The van der Waals surface area contributed by atoms with E-state index in [1.165, 1.54) is 103 Å². The standard InChI is InChI=1S/C51H35NSSi/c1-32-23-26-36-37-27-24-33(2)30-49(37)54(48(36)29-32)47-22-12-3-13-35(47)38-28-25-34(31-50(38)54)52-43-18-8-4-14-39(43)51(40-15-5-9-19-44(40)52)41-16-6-10-20-45(41)53-46-21-11-7-17-42(46)51/h3-31H,1-2H3. The van der Waals surface area contributed by atoms with E-state index in [2.05, 4.69) is 195 Å². The number of hydrogen-bond acceptors (Lipinski definition) is 2. The molecule has 0 atom stereocenters. The Labute approximate surface area is 321 Å². The van der Waals surface area contributed by atoms with E-state index < -0.39 is 13.5 Å². The fourth-order valence-electron chi connectivity index (χ4n) is 10.6. The minimum absolute atomic E-state index is 0.455. The first-order chi connectivity index (χ1) is 26.6. The Morgan fingerprint density at radius 1 is 0.407 bits per heavy atom. The molecule has 0 unspecified atom stereocenters. The first kappa shape index (κ1) is 30.6. The molecule has 0 saturated carbocycles. The average Bonchev–Trinajstić information content (AvgIpc) is 3.66. The topological polar surface area (TPSA) is 3.24 Å². The minimum atomic E-state index is -2.66. The predicted octanol–water partition coefficient (Wildman–Crippen LogP) is 10.3. The summed E-state index contributed by atoms with van der Waals surface area (Å²) in [4.78, 5) is 5.21. The molecule has 4 heterocycles. The van der Waals surface area contributed by atoms with E-state index in [0.717, 1.165) is 0 Å². The van der Waals surface area contributed by atoms with E-state index in [9.17, 15) is 0 Å². The van der Waals surface area contributed by atoms with E-state index >= 15 is 0 Å². The number of fused-ring (bicyclic) bond motifs is 18. The molecule has 1 nitrogen and oxygen atoms in total. The van der Waals surface area contributed by atoms with Crippen molar-refractivity contribution < 1.29 is 0 Å². The lowest BCUT2D eigenvalue weighted by Gasteiger charge is -2.49. The third-order valence-electron chi connectivity index (χ3n) is 12.6. The van der Waals surface area contributed by atoms with E-state index in [-0.39, 0.29) is 0 Å². The summed E-state index contributed by atoms with van der Waals surface area (Å²) in [6, 6.07) is 67.6. The van der Waals surface area contributed by atoms with Gasteiger partial charge in [-0.1, -0.05) is 162 Å². The van der Waals surface area contributed by atoms with Gasteiger partial charge in [-0.15, -0.1) is 0 Å². The second-order valence-electron chi connectivity index (χ2n) is 15.3. The quantitative estimate of drug-likeness (QED) is 0.155. The summed E-state index contributed by atoms with van der Waals surface area (Å²) < 4.78 is 0. The van der Waals surface area contributed by atoms with Gasteiger partial charge in [-0.25, -0.2) is 0 Å². The van der Waals surface area contributed by atoms with Gasteiger partial charge in [-0.05, 0) is 116 Å². The summed E-state index contributed by atoms with van der Waals surface area (Å²) in [5.41, 5.74) is 16.8. The monoisotopic (exact) mass is 721 g/mol. The Morgan fingerprint density at radius 2 is 0.852 bits per heavy atom. The van der Waals surface area contributed by atoms with Gasteiger partial charge in [0.05, 0.1) is 16.8 Å². The Bertz CT molecular complexity index is 2780. The SMILES string of the molecule is Cc1ccc2c(c1)[Si]1(c3ccccc3-c3ccc(N4c5ccccc5C5(c6ccccc6Sc6ccccc65)c5ccccc54)cc31)c1cc(C)ccc1-2. The van der Waals surface area contributed by atoms with Gasteiger partial charge in [0.1, 0.15) is 0 Å². The molecule has 0 N–H and O–H groups in total. The van der Waals surface area contributed by atoms with Crippen molar-refractivity contribution in [2.75, 3.05) is 4.90 Å². The molecule has 54 heavy (non-hydrogen) atoms. The molecular formula is C51H35NSSi. The Balaban J connectivity index is 1.17. The van der Waals surface area contributed by atoms with Crippen molar-refractivity contribution in [1.29, 1.82) is 0 Å². The average molecular weight is 722 g/mol. The van der Waals surface area contributed by atoms with Gasteiger partial charge in [0.25, 0.3) is 0 Å². The van der Waals surface area contributed by atoms with Gasteiger partial charge in [0, 0.05) is 15.5 Å². The molecule has 8 aromatic rings. The zero-order chi connectivity index (χ0) is 35.8. The largest absolute Gasteiger partial charge is 0.310 e. The zero-order valence-corrected chi connectivity index (χ0v) is 31.9. The van der Waals surface area contributed by atoms with Crippen molar-refractivity contribution in [2.24, 2.45) is 0 Å². The summed E-state index contributed by atoms with van der Waals surface area (Å²) in [6.45, 7) is 4.51. The molecule has 2 spiro atoms. The Hall–Kier alpha value is -5.87. The van der Waals surface area contributed by atoms with Crippen LogP contribution in [0, 0.1) is 13.8 Å². The molecule has 3 heteroatoms. The van der Waals surface area contributed by atoms with Crippen LogP contribution in [0.2, 0.25) is 0 Å². The summed E-state index contributed by atoms with van der Waals surface area (Å²) in [7, 11) is -2.66. The predicted molar refractivity (Wildman–Crippen MR) is 228 cm³/mol. The fraction of sp³-hybridized carbons (Fsp3) is 0.0588. The molecule has 0 radical (unpaired) electrons. The van der Waals surface area contributed by atoms with Gasteiger partial charge in [-0.2, -0.15) is 0 Å². The zero-order valence-electron chi connectivity index (χ0n) is 30.1. The molecule has 254 valence electrons. The third-order valence-corrected chi connectivity index (χ3v) is 18.7. The highest BCUT2D eigenvalue weighted by molar-refractivity contribution is 7.99. The molecule has 4 aliphatic rings. The number of hydrogen-bond donors (Lipinski definition) is 0. The molecule has 4 aliphatic heterocycles. The highest BCUT2D eigenvalue weighted by Gasteiger charge is 2.55. The number of benzene rings is 8. The van der Waals surface area contributed by atoms with E-state index in [1.807, 2.05) is 11.8 Å². The number of nitrogens with zero attached hydrogens (tertiary/aromatic N) is 1. The maximum Gasteiger partial charge on any atom is 0.182 e. The minimum Gasteiger partial charge on any atom is -0.310 e. The molecular weight excluding hydrogens is 687 g/mol. The van der Waals surface area contributed by atoms with Crippen molar-refractivity contribution in [1.82, 2.24) is 0 Å². The molecule has 0 amide bonds. The first-order valence-corrected chi connectivity index (χ1v) is 21.7. The second kappa shape index (κ2) is 10.9. The normalized spacial score (nSPS) is 15.4. The molecule has 0 aromatic heterocycles. The second-order valence-corrected chi connectivity index (χ2v) is 20.1. The van der Waals surface area contributed by atoms with Crippen LogP contribution in [0.3, 0.4) is 0 Å². The van der Waals surface area contributed by atoms with Crippen LogP contribution >= 0.6 is 11.8 Å². The maximum atomic E-state index is 2.59. The number of para-hydroxylation sites is 2. The van der Waals surface area contributed by atoms with Crippen LogP contribution in [0.5, 0.6) is 0 Å². The highest BCUT2D eigenvalue weighted by Crippen LogP contribution is 2.62. The smallest absolute Gasteiger partial charge is 0.182 e. The lowest BCUT2D eigenvalue weighted by Crippen LogP contribution is -2.70. The molecule has 0 saturated heterocycles. The Morgan fingerprint density at radius 3 is 1.44 bits per heavy atom. The van der Waals surface area contributed by atoms with E-state index in [0.29, 0.717) is 0 Å². The van der Waals surface area contributed by atoms with Crippen molar-refractivity contribution in [3.8, 4) is 22.3 Å². The van der Waals surface area contributed by atoms with E-state index in [4.69, 9.17) is 0 Å². The van der Waals surface area contributed by atoms with Gasteiger partial charge < -0.3 is 4.90 Å². The number of aryl methyl sites for hydroxylation is 2. The summed E-state index contributed by atoms with van der Waals surface area (Å²) in [5, 5.41) is 6.06. The van der Waals surface area contributed by atoms with Crippen LogP contribution in [0.1, 0.15) is 33.4 Å². The van der Waals surface area contributed by atoms with Crippen LogP contribution in [-0.2, 0) is 5.41 Å². The Kier molecular flexibility index (Phi) is 6.14. The van der Waals surface area contributed by atoms with Crippen molar-refractivity contribution in [3.05, 3.63) is 209 Å². The summed E-state index contributed by atoms with van der Waals surface area (Å²) in [6.07, 6.45) is 0. The van der Waals surface area contributed by atoms with Crippen LogP contribution in [0.25, 0.3) is 22.3 Å². The van der Waals surface area contributed by atoms with Gasteiger partial charge in [0.15, 0.2) is 8.07 Å². The van der Waals surface area contributed by atoms with Crippen LogP contribution < -0.4 is 25.6 Å². The summed E-state index contributed by atoms with van der Waals surface area (Å²) in [5.74, 6) is 0. The third kappa shape index (κ3) is 3.66. The lowest BCUT2D eigenvalue weighted by atomic mass is 9.62. The van der Waals surface area contributed by atoms with E-state index in [1.54, 1.807) is 0 Å². The number of rotatable bonds is 1. The molecule has 0 fully saturated rings. The lowest BCUT2D eigenvalue weighted by molar-refractivity contribution is 0.692. The van der Waals surface area contributed by atoms with Crippen LogP contribution in [0.4, 0.5) is 17.1 Å². The first-order valence-electron chi connectivity index (χ1n) is 18.9. The van der Waals surface area contributed by atoms with Gasteiger partial charge in [-0.3, -0.25) is 0 Å². The fourth-order valence-corrected chi connectivity index (χ4v) is 17.7. The molecule has 12 rings (SSSR count). The highest BCUT2D eigenvalue weighted by atomic mass is 32.2. The van der Waals surface area contributed by atoms with Crippen LogP contribution in [-0.4, -0.2) is 8.07 Å². The van der Waals surface area contributed by atoms with Gasteiger partial charge in [0.2, 0.25) is 0 Å². The summed E-state index contributed by atoms with van der Waals surface area (Å²) >= 11 is 1.90.